The molecular weight excluding hydrogens is 467 g/mol. The van der Waals surface area contributed by atoms with Gasteiger partial charge < -0.3 is 20.4 Å². The van der Waals surface area contributed by atoms with Crippen molar-refractivity contribution < 1.29 is 18.8 Å². The molecular formula is C23H26ClFN4O3S. The summed E-state index contributed by atoms with van der Waals surface area (Å²) in [5.74, 6) is -1.05. The van der Waals surface area contributed by atoms with E-state index in [2.05, 4.69) is 15.5 Å². The van der Waals surface area contributed by atoms with E-state index in [-0.39, 0.29) is 35.8 Å². The van der Waals surface area contributed by atoms with Gasteiger partial charge in [0.05, 0.1) is 17.5 Å². The number of anilines is 2. The minimum absolute atomic E-state index is 0.0621. The topological polar surface area (TPSA) is 81.8 Å². The fourth-order valence-corrected chi connectivity index (χ4v) is 4.13. The maximum absolute atomic E-state index is 12.9. The number of rotatable bonds is 8. The van der Waals surface area contributed by atoms with Gasteiger partial charge in [-0.15, -0.1) is 11.8 Å². The van der Waals surface area contributed by atoms with Crippen molar-refractivity contribution in [3.8, 4) is 0 Å². The Morgan fingerprint density at radius 2 is 1.67 bits per heavy atom. The second-order valence-electron chi connectivity index (χ2n) is 7.57. The van der Waals surface area contributed by atoms with E-state index in [1.54, 1.807) is 11.8 Å². The maximum atomic E-state index is 12.9. The normalized spacial score (nSPS) is 14.5. The van der Waals surface area contributed by atoms with Crippen LogP contribution in [0.15, 0.2) is 48.5 Å². The van der Waals surface area contributed by atoms with Gasteiger partial charge >= 0.3 is 0 Å². The van der Waals surface area contributed by atoms with Crippen molar-refractivity contribution in [3.63, 3.8) is 0 Å². The molecule has 3 amide bonds. The molecule has 0 aromatic heterocycles. The largest absolute Gasteiger partial charge is 0.368 e. The third kappa shape index (κ3) is 7.64. The molecule has 0 radical (unpaired) electrons. The molecule has 2 aromatic rings. The number of nitrogens with zero attached hydrogens (tertiary/aromatic N) is 2. The van der Waals surface area contributed by atoms with E-state index in [0.29, 0.717) is 36.9 Å². The summed E-state index contributed by atoms with van der Waals surface area (Å²) in [6.45, 7) is 4.16. The van der Waals surface area contributed by atoms with Crippen molar-refractivity contribution in [2.45, 2.75) is 12.2 Å². The van der Waals surface area contributed by atoms with Gasteiger partial charge in [0, 0.05) is 42.6 Å². The minimum atomic E-state index is -0.501. The lowest BCUT2D eigenvalue weighted by Crippen LogP contribution is -2.51. The van der Waals surface area contributed by atoms with E-state index in [1.165, 1.54) is 24.3 Å². The molecule has 33 heavy (non-hydrogen) atoms. The molecule has 2 aromatic carbocycles. The summed E-state index contributed by atoms with van der Waals surface area (Å²) in [5.41, 5.74) is 1.55. The first-order chi connectivity index (χ1) is 15.8. The van der Waals surface area contributed by atoms with Crippen molar-refractivity contribution in [1.29, 1.82) is 0 Å². The van der Waals surface area contributed by atoms with Gasteiger partial charge in [0.15, 0.2) is 0 Å². The number of piperazine rings is 1. The van der Waals surface area contributed by atoms with Crippen molar-refractivity contribution in [2.24, 2.45) is 0 Å². The number of nitrogens with one attached hydrogen (secondary N) is 2. The zero-order valence-electron chi connectivity index (χ0n) is 18.2. The van der Waals surface area contributed by atoms with Crippen LogP contribution in [-0.2, 0) is 14.4 Å². The van der Waals surface area contributed by atoms with Gasteiger partial charge in [0.2, 0.25) is 17.7 Å². The molecule has 1 aliphatic heterocycles. The van der Waals surface area contributed by atoms with Gasteiger partial charge in [-0.3, -0.25) is 14.4 Å². The highest BCUT2D eigenvalue weighted by Gasteiger charge is 2.22. The number of hydrogen-bond acceptors (Lipinski definition) is 5. The average molecular weight is 493 g/mol. The fraction of sp³-hybridized carbons (Fsp3) is 0.348. The second-order valence-corrected chi connectivity index (χ2v) is 9.34. The van der Waals surface area contributed by atoms with Crippen LogP contribution in [0.2, 0.25) is 5.02 Å². The lowest BCUT2D eigenvalue weighted by atomic mass is 10.2. The molecule has 3 rings (SSSR count). The van der Waals surface area contributed by atoms with Gasteiger partial charge in [-0.05, 0) is 55.5 Å². The van der Waals surface area contributed by atoms with Crippen LogP contribution < -0.4 is 15.5 Å². The predicted molar refractivity (Wildman–Crippen MR) is 130 cm³/mol. The molecule has 10 heteroatoms. The highest BCUT2D eigenvalue weighted by molar-refractivity contribution is 8.01. The van der Waals surface area contributed by atoms with E-state index < -0.39 is 5.25 Å². The Morgan fingerprint density at radius 1 is 1.03 bits per heavy atom. The Labute approximate surface area is 201 Å². The Bertz CT molecular complexity index is 967. The molecule has 176 valence electrons. The molecule has 0 aliphatic carbocycles. The van der Waals surface area contributed by atoms with Crippen LogP contribution in [0.3, 0.4) is 0 Å². The van der Waals surface area contributed by atoms with Crippen LogP contribution in [-0.4, -0.2) is 66.3 Å². The number of benzene rings is 2. The molecule has 7 nitrogen and oxygen atoms in total. The molecule has 1 heterocycles. The lowest BCUT2D eigenvalue weighted by molar-refractivity contribution is -0.133. The Balaban J connectivity index is 1.34. The molecule has 1 saturated heterocycles. The number of thioether (sulfide) groups is 1. The third-order valence-corrected chi connectivity index (χ3v) is 6.59. The summed E-state index contributed by atoms with van der Waals surface area (Å²) in [6, 6.07) is 13.0. The number of carbonyl (C=O) groups is 3. The highest BCUT2D eigenvalue weighted by Crippen LogP contribution is 2.19. The van der Waals surface area contributed by atoms with Crippen LogP contribution in [0.5, 0.6) is 0 Å². The zero-order valence-corrected chi connectivity index (χ0v) is 19.8. The zero-order chi connectivity index (χ0) is 23.8. The predicted octanol–water partition coefficient (Wildman–Crippen LogP) is 3.00. The van der Waals surface area contributed by atoms with Gasteiger partial charge in [-0.2, -0.15) is 0 Å². The summed E-state index contributed by atoms with van der Waals surface area (Å²) >= 11 is 7.09. The smallest absolute Gasteiger partial charge is 0.242 e. The molecule has 1 aliphatic rings. The lowest BCUT2D eigenvalue weighted by Gasteiger charge is -2.36. The van der Waals surface area contributed by atoms with Crippen molar-refractivity contribution in [1.82, 2.24) is 10.2 Å². The maximum Gasteiger partial charge on any atom is 0.242 e. The van der Waals surface area contributed by atoms with Crippen LogP contribution >= 0.6 is 23.4 Å². The van der Waals surface area contributed by atoms with Crippen LogP contribution in [0, 0.1) is 5.82 Å². The number of hydrogen-bond donors (Lipinski definition) is 2. The fourth-order valence-electron chi connectivity index (χ4n) is 3.29. The third-order valence-electron chi connectivity index (χ3n) is 5.20. The first-order valence-corrected chi connectivity index (χ1v) is 12.0. The molecule has 0 bridgehead atoms. The number of amides is 3. The minimum Gasteiger partial charge on any atom is -0.368 e. The molecule has 1 atom stereocenters. The number of carbonyl (C=O) groups excluding carboxylic acids is 3. The van der Waals surface area contributed by atoms with E-state index in [0.717, 1.165) is 17.4 Å². The van der Waals surface area contributed by atoms with Crippen molar-refractivity contribution in [2.75, 3.05) is 48.7 Å². The van der Waals surface area contributed by atoms with E-state index in [9.17, 15) is 18.8 Å². The second kappa shape index (κ2) is 11.9. The van der Waals surface area contributed by atoms with Crippen LogP contribution in [0.25, 0.3) is 0 Å². The van der Waals surface area contributed by atoms with Crippen molar-refractivity contribution in [3.05, 3.63) is 59.4 Å². The first kappa shape index (κ1) is 24.9. The summed E-state index contributed by atoms with van der Waals surface area (Å²) < 4.78 is 12.9. The summed E-state index contributed by atoms with van der Waals surface area (Å²) in [5, 5.41) is 5.48. The van der Waals surface area contributed by atoms with Crippen LogP contribution in [0.1, 0.15) is 6.92 Å². The van der Waals surface area contributed by atoms with Gasteiger partial charge in [0.25, 0.3) is 0 Å². The Hall–Kier alpha value is -2.78. The van der Waals surface area contributed by atoms with Gasteiger partial charge in [-0.25, -0.2) is 4.39 Å². The molecule has 1 unspecified atom stereocenters. The molecule has 0 saturated carbocycles. The summed E-state index contributed by atoms with van der Waals surface area (Å²) in [7, 11) is 0. The number of halogens is 2. The van der Waals surface area contributed by atoms with E-state index >= 15 is 0 Å². The quantitative estimate of drug-likeness (QED) is 0.592. The standard InChI is InChI=1S/C23H26ClFN4O3S/c1-16(33-15-21(30)27-19-6-4-18(25)5-7-19)23(32)26-14-22(31)29-12-10-28(11-13-29)20-8-2-17(24)3-9-20/h2-9,16H,10-15H2,1H3,(H,26,32)(H,27,30). The highest BCUT2D eigenvalue weighted by atomic mass is 35.5. The van der Waals surface area contributed by atoms with Crippen LogP contribution in [0.4, 0.5) is 15.8 Å². The van der Waals surface area contributed by atoms with E-state index in [4.69, 9.17) is 11.6 Å². The average Bonchev–Trinajstić information content (AvgIpc) is 2.83. The summed E-state index contributed by atoms with van der Waals surface area (Å²) in [4.78, 5) is 40.7. The Morgan fingerprint density at radius 3 is 2.30 bits per heavy atom. The molecule has 2 N–H and O–H groups in total. The first-order valence-electron chi connectivity index (χ1n) is 10.5. The molecule has 0 spiro atoms. The van der Waals surface area contributed by atoms with Crippen molar-refractivity contribution >= 4 is 52.5 Å². The monoisotopic (exact) mass is 492 g/mol. The van der Waals surface area contributed by atoms with Gasteiger partial charge in [0.1, 0.15) is 5.82 Å². The molecule has 1 fully saturated rings. The van der Waals surface area contributed by atoms with Gasteiger partial charge in [-0.1, -0.05) is 11.6 Å². The SMILES string of the molecule is CC(SCC(=O)Nc1ccc(F)cc1)C(=O)NCC(=O)N1CCN(c2ccc(Cl)cc2)CC1. The van der Waals surface area contributed by atoms with E-state index in [1.807, 2.05) is 24.3 Å². The summed E-state index contributed by atoms with van der Waals surface area (Å²) in [6.07, 6.45) is 0. The Kier molecular flexibility index (Phi) is 8.96.